The minimum atomic E-state index is -0.214. The number of aromatic nitrogens is 3. The first kappa shape index (κ1) is 7.94. The van der Waals surface area contributed by atoms with Crippen molar-refractivity contribution in [3.63, 3.8) is 0 Å². The van der Waals surface area contributed by atoms with Gasteiger partial charge in [0.2, 0.25) is 0 Å². The zero-order valence-corrected chi connectivity index (χ0v) is 8.07. The lowest BCUT2D eigenvalue weighted by molar-refractivity contribution is 0.661. The number of pyridine rings is 1. The third-order valence-corrected chi connectivity index (χ3v) is 2.80. The highest BCUT2D eigenvalue weighted by atomic mass is 15.3. The van der Waals surface area contributed by atoms with Crippen LogP contribution in [0.1, 0.15) is 24.2 Å². The van der Waals surface area contributed by atoms with Gasteiger partial charge in [-0.2, -0.15) is 0 Å². The number of nitrogens with two attached hydrogens (primary N) is 1. The molecule has 2 heterocycles. The number of aryl methyl sites for hydroxylation is 1. The number of hydrogen-bond donors (Lipinski definition) is 1. The van der Waals surface area contributed by atoms with E-state index in [1.54, 1.807) is 0 Å². The van der Waals surface area contributed by atoms with Crippen molar-refractivity contribution in [3.8, 4) is 0 Å². The van der Waals surface area contributed by atoms with Crippen molar-refractivity contribution in [1.82, 2.24) is 14.6 Å². The fourth-order valence-corrected chi connectivity index (χ4v) is 1.69. The van der Waals surface area contributed by atoms with E-state index in [-0.39, 0.29) is 5.54 Å². The van der Waals surface area contributed by atoms with Gasteiger partial charge < -0.3 is 5.73 Å². The molecule has 2 aromatic heterocycles. The molecule has 14 heavy (non-hydrogen) atoms. The Morgan fingerprint density at radius 1 is 1.43 bits per heavy atom. The predicted octanol–water partition coefficient (Wildman–Crippen LogP) is 0.986. The van der Waals surface area contributed by atoms with Crippen LogP contribution >= 0.6 is 0 Å². The lowest BCUT2D eigenvalue weighted by Gasteiger charge is -2.05. The van der Waals surface area contributed by atoms with Crippen molar-refractivity contribution in [1.29, 1.82) is 0 Å². The SMILES string of the molecule is Cc1ccn2c(C3(N)CC3)nnc2c1. The second-order valence-electron chi connectivity index (χ2n) is 4.11. The van der Waals surface area contributed by atoms with E-state index in [9.17, 15) is 0 Å². The van der Waals surface area contributed by atoms with Crippen LogP contribution < -0.4 is 5.73 Å². The molecule has 72 valence electrons. The average Bonchev–Trinajstić information content (AvgIpc) is 2.77. The maximum absolute atomic E-state index is 6.09. The molecule has 1 saturated carbocycles. The first-order valence-electron chi connectivity index (χ1n) is 4.80. The summed E-state index contributed by atoms with van der Waals surface area (Å²) in [5.74, 6) is 0.896. The molecule has 0 aromatic carbocycles. The molecule has 0 radical (unpaired) electrons. The van der Waals surface area contributed by atoms with E-state index in [1.807, 2.05) is 29.7 Å². The summed E-state index contributed by atoms with van der Waals surface area (Å²) in [5, 5.41) is 8.28. The van der Waals surface area contributed by atoms with Crippen molar-refractivity contribution in [3.05, 3.63) is 29.7 Å². The van der Waals surface area contributed by atoms with Crippen LogP contribution in [0.5, 0.6) is 0 Å². The van der Waals surface area contributed by atoms with E-state index in [1.165, 1.54) is 5.56 Å². The van der Waals surface area contributed by atoms with E-state index in [4.69, 9.17) is 5.73 Å². The Balaban J connectivity index is 2.27. The Morgan fingerprint density at radius 3 is 2.93 bits per heavy atom. The molecule has 2 N–H and O–H groups in total. The summed E-state index contributed by atoms with van der Waals surface area (Å²) in [5.41, 5.74) is 7.96. The average molecular weight is 188 g/mol. The second-order valence-corrected chi connectivity index (χ2v) is 4.11. The van der Waals surface area contributed by atoms with Crippen molar-refractivity contribution in [2.45, 2.75) is 25.3 Å². The Labute approximate surface area is 81.8 Å². The Kier molecular flexibility index (Phi) is 1.32. The van der Waals surface area contributed by atoms with Crippen molar-refractivity contribution in [2.75, 3.05) is 0 Å². The smallest absolute Gasteiger partial charge is 0.161 e. The van der Waals surface area contributed by atoms with Crippen LogP contribution in [0.4, 0.5) is 0 Å². The zero-order valence-electron chi connectivity index (χ0n) is 8.07. The fourth-order valence-electron chi connectivity index (χ4n) is 1.69. The van der Waals surface area contributed by atoms with Gasteiger partial charge in [0.15, 0.2) is 11.5 Å². The third kappa shape index (κ3) is 0.974. The highest BCUT2D eigenvalue weighted by Gasteiger charge is 2.44. The summed E-state index contributed by atoms with van der Waals surface area (Å²) in [7, 11) is 0. The molecule has 1 aliphatic rings. The Hall–Kier alpha value is -1.42. The lowest BCUT2D eigenvalue weighted by atomic mass is 10.2. The molecule has 1 aliphatic carbocycles. The minimum Gasteiger partial charge on any atom is -0.319 e. The standard InChI is InChI=1S/C10H12N4/c1-7-2-5-14-8(6-7)12-13-9(14)10(11)3-4-10/h2,5-6H,3-4,11H2,1H3. The van der Waals surface area contributed by atoms with Crippen LogP contribution in [0.15, 0.2) is 18.3 Å². The fraction of sp³-hybridized carbons (Fsp3) is 0.400. The van der Waals surface area contributed by atoms with E-state index >= 15 is 0 Å². The lowest BCUT2D eigenvalue weighted by Crippen LogP contribution is -2.22. The minimum absolute atomic E-state index is 0.214. The molecule has 4 heteroatoms. The van der Waals surface area contributed by atoms with Gasteiger partial charge in [0.05, 0.1) is 5.54 Å². The molecule has 0 amide bonds. The van der Waals surface area contributed by atoms with Crippen LogP contribution in [0.2, 0.25) is 0 Å². The number of nitrogens with zero attached hydrogens (tertiary/aromatic N) is 3. The number of rotatable bonds is 1. The normalized spacial score (nSPS) is 18.7. The van der Waals surface area contributed by atoms with Gasteiger partial charge in [-0.25, -0.2) is 0 Å². The van der Waals surface area contributed by atoms with E-state index in [0.717, 1.165) is 24.3 Å². The molecule has 3 rings (SSSR count). The molecule has 0 saturated heterocycles. The summed E-state index contributed by atoms with van der Waals surface area (Å²) < 4.78 is 1.99. The first-order chi connectivity index (χ1) is 6.69. The largest absolute Gasteiger partial charge is 0.319 e. The predicted molar refractivity (Wildman–Crippen MR) is 52.8 cm³/mol. The van der Waals surface area contributed by atoms with Gasteiger partial charge in [-0.1, -0.05) is 0 Å². The van der Waals surface area contributed by atoms with Gasteiger partial charge in [0, 0.05) is 6.20 Å². The molecule has 2 aromatic rings. The molecule has 1 fully saturated rings. The van der Waals surface area contributed by atoms with Gasteiger partial charge in [-0.15, -0.1) is 10.2 Å². The highest BCUT2D eigenvalue weighted by molar-refractivity contribution is 5.42. The summed E-state index contributed by atoms with van der Waals surface area (Å²) in [6, 6.07) is 4.06. The second kappa shape index (κ2) is 2.33. The van der Waals surface area contributed by atoms with E-state index in [2.05, 4.69) is 10.2 Å². The van der Waals surface area contributed by atoms with Crippen LogP contribution in [0.25, 0.3) is 5.65 Å². The van der Waals surface area contributed by atoms with Gasteiger partial charge in [-0.05, 0) is 37.5 Å². The summed E-state index contributed by atoms with van der Waals surface area (Å²) in [6.07, 6.45) is 4.02. The maximum Gasteiger partial charge on any atom is 0.161 e. The van der Waals surface area contributed by atoms with Crippen molar-refractivity contribution >= 4 is 5.65 Å². The van der Waals surface area contributed by atoms with Crippen molar-refractivity contribution < 1.29 is 0 Å². The van der Waals surface area contributed by atoms with Gasteiger partial charge in [0.1, 0.15) is 0 Å². The molecule has 0 spiro atoms. The zero-order chi connectivity index (χ0) is 9.76. The quantitative estimate of drug-likeness (QED) is 0.726. The van der Waals surface area contributed by atoms with Gasteiger partial charge in [0.25, 0.3) is 0 Å². The van der Waals surface area contributed by atoms with Crippen LogP contribution in [0.3, 0.4) is 0 Å². The van der Waals surface area contributed by atoms with E-state index in [0.29, 0.717) is 0 Å². The molecule has 0 atom stereocenters. The Bertz CT molecular complexity index is 496. The summed E-state index contributed by atoms with van der Waals surface area (Å²) in [6.45, 7) is 2.05. The molecule has 4 nitrogen and oxygen atoms in total. The molecular formula is C10H12N4. The summed E-state index contributed by atoms with van der Waals surface area (Å²) >= 11 is 0. The van der Waals surface area contributed by atoms with Gasteiger partial charge in [-0.3, -0.25) is 4.40 Å². The molecule has 0 bridgehead atoms. The maximum atomic E-state index is 6.09. The van der Waals surface area contributed by atoms with Gasteiger partial charge >= 0.3 is 0 Å². The molecular weight excluding hydrogens is 176 g/mol. The highest BCUT2D eigenvalue weighted by Crippen LogP contribution is 2.41. The summed E-state index contributed by atoms with van der Waals surface area (Å²) in [4.78, 5) is 0. The monoisotopic (exact) mass is 188 g/mol. The topological polar surface area (TPSA) is 56.2 Å². The van der Waals surface area contributed by atoms with Crippen LogP contribution in [0, 0.1) is 6.92 Å². The Morgan fingerprint density at radius 2 is 2.21 bits per heavy atom. The van der Waals surface area contributed by atoms with Crippen LogP contribution in [-0.2, 0) is 5.54 Å². The van der Waals surface area contributed by atoms with Crippen LogP contribution in [-0.4, -0.2) is 14.6 Å². The first-order valence-corrected chi connectivity index (χ1v) is 4.80. The molecule has 0 aliphatic heterocycles. The molecule has 0 unspecified atom stereocenters. The number of hydrogen-bond acceptors (Lipinski definition) is 3. The van der Waals surface area contributed by atoms with E-state index < -0.39 is 0 Å². The third-order valence-electron chi connectivity index (χ3n) is 2.80. The number of fused-ring (bicyclic) bond motifs is 1. The van der Waals surface area contributed by atoms with Crippen molar-refractivity contribution in [2.24, 2.45) is 5.73 Å².